The Bertz CT molecular complexity index is 878. The fourth-order valence-corrected chi connectivity index (χ4v) is 3.35. The molecule has 0 N–H and O–H groups in total. The van der Waals surface area contributed by atoms with E-state index in [0.717, 1.165) is 43.2 Å². The molecule has 0 bridgehead atoms. The smallest absolute Gasteiger partial charge is 0.200 e. The molecule has 0 saturated carbocycles. The van der Waals surface area contributed by atoms with E-state index >= 15 is 0 Å². The quantitative estimate of drug-likeness (QED) is 0.731. The summed E-state index contributed by atoms with van der Waals surface area (Å²) in [5, 5.41) is 12.9. The Hall–Kier alpha value is -2.70. The van der Waals surface area contributed by atoms with Crippen LogP contribution in [0.25, 0.3) is 5.65 Å². The lowest BCUT2D eigenvalue weighted by molar-refractivity contribution is 0.648. The highest BCUT2D eigenvalue weighted by atomic mass is 15.4. The minimum absolute atomic E-state index is 0.367. The molecule has 7 nitrogen and oxygen atoms in total. The summed E-state index contributed by atoms with van der Waals surface area (Å²) in [6, 6.07) is 4.27. The molecule has 4 rings (SSSR count). The van der Waals surface area contributed by atoms with Crippen LogP contribution in [0.1, 0.15) is 31.0 Å². The summed E-state index contributed by atoms with van der Waals surface area (Å²) < 4.78 is 1.80. The Kier molecular flexibility index (Phi) is 3.99. The van der Waals surface area contributed by atoms with E-state index in [2.05, 4.69) is 63.0 Å². The van der Waals surface area contributed by atoms with Crippen molar-refractivity contribution < 1.29 is 0 Å². The van der Waals surface area contributed by atoms with Crippen molar-refractivity contribution in [3.05, 3.63) is 42.1 Å². The number of hydrogen-bond acceptors (Lipinski definition) is 6. The monoisotopic (exact) mass is 337 g/mol. The number of aryl methyl sites for hydroxylation is 1. The van der Waals surface area contributed by atoms with E-state index in [-0.39, 0.29) is 0 Å². The van der Waals surface area contributed by atoms with Crippen LogP contribution in [-0.4, -0.2) is 51.0 Å². The van der Waals surface area contributed by atoms with Crippen LogP contribution in [-0.2, 0) is 0 Å². The number of rotatable bonds is 3. The Balaban J connectivity index is 1.59. The van der Waals surface area contributed by atoms with E-state index in [1.54, 1.807) is 10.8 Å². The van der Waals surface area contributed by atoms with E-state index < -0.39 is 0 Å². The van der Waals surface area contributed by atoms with E-state index in [1.165, 1.54) is 11.3 Å². The molecule has 3 aromatic rings. The van der Waals surface area contributed by atoms with Gasteiger partial charge in [0.05, 0.1) is 11.4 Å². The van der Waals surface area contributed by atoms with Gasteiger partial charge in [-0.1, -0.05) is 13.8 Å². The van der Waals surface area contributed by atoms with Crippen molar-refractivity contribution in [3.63, 3.8) is 0 Å². The molecule has 4 heterocycles. The normalized spacial score (nSPS) is 15.4. The van der Waals surface area contributed by atoms with Gasteiger partial charge in [0.1, 0.15) is 6.33 Å². The van der Waals surface area contributed by atoms with Crippen molar-refractivity contribution in [1.29, 1.82) is 0 Å². The zero-order valence-corrected chi connectivity index (χ0v) is 14.9. The van der Waals surface area contributed by atoms with Gasteiger partial charge in [0.2, 0.25) is 5.65 Å². The number of anilines is 2. The SMILES string of the molecule is Cc1cnccc1N1CCN(c2cc(C(C)C)nn3cnnc23)CC1. The highest BCUT2D eigenvalue weighted by Crippen LogP contribution is 2.26. The number of pyridine rings is 1. The summed E-state index contributed by atoms with van der Waals surface area (Å²) >= 11 is 0. The van der Waals surface area contributed by atoms with Gasteiger partial charge < -0.3 is 9.80 Å². The predicted molar refractivity (Wildman–Crippen MR) is 98.3 cm³/mol. The predicted octanol–water partition coefficient (Wildman–Crippen LogP) is 2.28. The molecule has 0 amide bonds. The lowest BCUT2D eigenvalue weighted by Gasteiger charge is -2.38. The molecule has 25 heavy (non-hydrogen) atoms. The van der Waals surface area contributed by atoms with Gasteiger partial charge in [0, 0.05) is 44.3 Å². The molecule has 0 spiro atoms. The summed E-state index contributed by atoms with van der Waals surface area (Å²) in [5.41, 5.74) is 5.52. The van der Waals surface area contributed by atoms with Gasteiger partial charge >= 0.3 is 0 Å². The molecular formula is C18H23N7. The van der Waals surface area contributed by atoms with Crippen LogP contribution in [0.4, 0.5) is 11.4 Å². The third-order valence-corrected chi connectivity index (χ3v) is 4.81. The van der Waals surface area contributed by atoms with Crippen LogP contribution < -0.4 is 9.80 Å². The molecular weight excluding hydrogens is 314 g/mol. The third-order valence-electron chi connectivity index (χ3n) is 4.81. The van der Waals surface area contributed by atoms with Crippen LogP contribution in [0.15, 0.2) is 30.9 Å². The van der Waals surface area contributed by atoms with Crippen LogP contribution in [0.3, 0.4) is 0 Å². The van der Waals surface area contributed by atoms with Crippen molar-refractivity contribution in [2.75, 3.05) is 36.0 Å². The van der Waals surface area contributed by atoms with Gasteiger partial charge in [-0.05, 0) is 30.5 Å². The van der Waals surface area contributed by atoms with Gasteiger partial charge in [-0.3, -0.25) is 4.98 Å². The maximum Gasteiger partial charge on any atom is 0.200 e. The lowest BCUT2D eigenvalue weighted by atomic mass is 10.1. The highest BCUT2D eigenvalue weighted by molar-refractivity contribution is 5.69. The zero-order valence-electron chi connectivity index (χ0n) is 14.9. The first-order valence-electron chi connectivity index (χ1n) is 8.75. The first kappa shape index (κ1) is 15.8. The van der Waals surface area contributed by atoms with E-state index in [9.17, 15) is 0 Å². The second-order valence-electron chi connectivity index (χ2n) is 6.84. The van der Waals surface area contributed by atoms with Gasteiger partial charge in [-0.15, -0.1) is 10.2 Å². The van der Waals surface area contributed by atoms with Gasteiger partial charge in [0.25, 0.3) is 0 Å². The van der Waals surface area contributed by atoms with E-state index in [0.29, 0.717) is 5.92 Å². The van der Waals surface area contributed by atoms with Crippen molar-refractivity contribution >= 4 is 17.0 Å². The van der Waals surface area contributed by atoms with Crippen molar-refractivity contribution in [3.8, 4) is 0 Å². The van der Waals surface area contributed by atoms with Gasteiger partial charge in [-0.2, -0.15) is 9.61 Å². The van der Waals surface area contributed by atoms with Crippen molar-refractivity contribution in [2.45, 2.75) is 26.7 Å². The van der Waals surface area contributed by atoms with Gasteiger partial charge in [0.15, 0.2) is 0 Å². The topological polar surface area (TPSA) is 62.5 Å². The number of hydrogen-bond donors (Lipinski definition) is 0. The first-order chi connectivity index (χ1) is 12.1. The molecule has 1 aliphatic rings. The van der Waals surface area contributed by atoms with Crippen LogP contribution in [0.2, 0.25) is 0 Å². The molecule has 130 valence electrons. The summed E-state index contributed by atoms with van der Waals surface area (Å²) in [7, 11) is 0. The number of fused-ring (bicyclic) bond motifs is 1. The van der Waals surface area contributed by atoms with Crippen LogP contribution >= 0.6 is 0 Å². The van der Waals surface area contributed by atoms with E-state index in [4.69, 9.17) is 0 Å². The molecule has 7 heteroatoms. The molecule has 0 aliphatic carbocycles. The minimum Gasteiger partial charge on any atom is -0.368 e. The number of nitrogens with zero attached hydrogens (tertiary/aromatic N) is 7. The molecule has 0 radical (unpaired) electrons. The van der Waals surface area contributed by atoms with Crippen LogP contribution in [0, 0.1) is 6.92 Å². The fourth-order valence-electron chi connectivity index (χ4n) is 3.35. The van der Waals surface area contributed by atoms with Crippen molar-refractivity contribution in [2.24, 2.45) is 0 Å². The average molecular weight is 337 g/mol. The average Bonchev–Trinajstić information content (AvgIpc) is 3.10. The largest absolute Gasteiger partial charge is 0.368 e. The maximum atomic E-state index is 4.61. The highest BCUT2D eigenvalue weighted by Gasteiger charge is 2.22. The summed E-state index contributed by atoms with van der Waals surface area (Å²) in [5.74, 6) is 0.367. The number of aromatic nitrogens is 5. The second kappa shape index (κ2) is 6.31. The molecule has 1 aliphatic heterocycles. The number of piperazine rings is 1. The van der Waals surface area contributed by atoms with Crippen molar-refractivity contribution in [1.82, 2.24) is 24.8 Å². The Labute approximate surface area is 147 Å². The molecule has 1 fully saturated rings. The lowest BCUT2D eigenvalue weighted by Crippen LogP contribution is -2.47. The molecule has 1 saturated heterocycles. The molecule has 3 aromatic heterocycles. The van der Waals surface area contributed by atoms with E-state index in [1.807, 2.05) is 12.4 Å². The summed E-state index contributed by atoms with van der Waals surface area (Å²) in [4.78, 5) is 9.02. The summed E-state index contributed by atoms with van der Waals surface area (Å²) in [6.45, 7) is 10.3. The van der Waals surface area contributed by atoms with Crippen LogP contribution in [0.5, 0.6) is 0 Å². The second-order valence-corrected chi connectivity index (χ2v) is 6.84. The first-order valence-corrected chi connectivity index (χ1v) is 8.75. The van der Waals surface area contributed by atoms with Gasteiger partial charge in [-0.25, -0.2) is 0 Å². The standard InChI is InChI=1S/C18H23N7/c1-13(2)15-10-17(18-21-20-12-25(18)22-15)24-8-6-23(7-9-24)16-4-5-19-11-14(16)3/h4-5,10-13H,6-9H2,1-3H3. The zero-order chi connectivity index (χ0) is 17.4. The third kappa shape index (κ3) is 2.90. The fraction of sp³-hybridized carbons (Fsp3) is 0.444. The summed E-state index contributed by atoms with van der Waals surface area (Å²) in [6.07, 6.45) is 5.48. The Morgan fingerprint density at radius 2 is 1.76 bits per heavy atom. The maximum absolute atomic E-state index is 4.61. The Morgan fingerprint density at radius 3 is 2.44 bits per heavy atom. The molecule has 0 aromatic carbocycles. The minimum atomic E-state index is 0.367. The molecule has 0 atom stereocenters. The Morgan fingerprint density at radius 1 is 1.04 bits per heavy atom. The molecule has 0 unspecified atom stereocenters.